The molecule has 0 spiro atoms. The Hall–Kier alpha value is -2.90. The number of hydrogen-bond acceptors (Lipinski definition) is 8. The molecule has 1 atom stereocenters. The molecule has 1 aromatic carbocycles. The van der Waals surface area contributed by atoms with Crippen molar-refractivity contribution in [3.8, 4) is 6.07 Å². The Labute approximate surface area is 188 Å². The molecule has 10 heteroatoms. The van der Waals surface area contributed by atoms with E-state index in [9.17, 15) is 23.3 Å². The van der Waals surface area contributed by atoms with Crippen LogP contribution in [-0.2, 0) is 24.1 Å². The first-order valence-electron chi connectivity index (χ1n) is 10.5. The number of carbonyl (C=O) groups is 2. The number of amides is 1. The first kappa shape index (κ1) is 25.4. The smallest absolute Gasteiger partial charge is 0.340 e. The highest BCUT2D eigenvalue weighted by Gasteiger charge is 2.31. The van der Waals surface area contributed by atoms with Gasteiger partial charge in [0.15, 0.2) is 9.84 Å². The lowest BCUT2D eigenvalue weighted by molar-refractivity contribution is -0.112. The van der Waals surface area contributed by atoms with Crippen molar-refractivity contribution < 1.29 is 27.5 Å². The highest BCUT2D eigenvalue weighted by Crippen LogP contribution is 2.20. The molecule has 1 aliphatic rings. The third kappa shape index (κ3) is 7.35. The van der Waals surface area contributed by atoms with E-state index in [2.05, 4.69) is 5.32 Å². The van der Waals surface area contributed by atoms with Crippen molar-refractivity contribution in [1.82, 2.24) is 4.90 Å². The molecule has 1 unspecified atom stereocenters. The molecule has 32 heavy (non-hydrogen) atoms. The van der Waals surface area contributed by atoms with Crippen LogP contribution in [0.2, 0.25) is 0 Å². The van der Waals surface area contributed by atoms with Crippen molar-refractivity contribution in [2.75, 3.05) is 43.7 Å². The number of carbonyl (C=O) groups excluding carboxylic acids is 2. The number of nitrogens with one attached hydrogen (secondary N) is 1. The zero-order chi connectivity index (χ0) is 23.6. The topological polar surface area (TPSA) is 126 Å². The Kier molecular flexibility index (Phi) is 9.68. The van der Waals surface area contributed by atoms with Gasteiger partial charge in [-0.15, -0.1) is 0 Å². The molecule has 0 aromatic heterocycles. The number of esters is 1. The summed E-state index contributed by atoms with van der Waals surface area (Å²) >= 11 is 0. The maximum Gasteiger partial charge on any atom is 0.340 e. The molecule has 1 amide bonds. The number of rotatable bonds is 11. The molecule has 1 aliphatic heterocycles. The standard InChI is InChI=1S/C22H29N3O6S/c1-3-4-11-31-22(27)19-7-5-6-8-20(19)24-21(26)17(14-23)15-25(10-12-30-2)18-9-13-32(28,29)16-18/h5-8,15,18H,3-4,9-13,16H2,1-2H3,(H,24,26)/b17-15-. The number of ether oxygens (including phenoxy) is 2. The Morgan fingerprint density at radius 1 is 1.31 bits per heavy atom. The van der Waals surface area contributed by atoms with E-state index < -0.39 is 21.7 Å². The number of benzene rings is 1. The number of methoxy groups -OCH3 is 1. The summed E-state index contributed by atoms with van der Waals surface area (Å²) in [6.45, 7) is 2.89. The van der Waals surface area contributed by atoms with Gasteiger partial charge in [0.05, 0.1) is 36.0 Å². The van der Waals surface area contributed by atoms with Gasteiger partial charge in [-0.25, -0.2) is 13.2 Å². The Morgan fingerprint density at radius 3 is 2.69 bits per heavy atom. The van der Waals surface area contributed by atoms with Crippen LogP contribution in [0.15, 0.2) is 36.0 Å². The molecule has 9 nitrogen and oxygen atoms in total. The summed E-state index contributed by atoms with van der Waals surface area (Å²) in [5, 5.41) is 12.2. The van der Waals surface area contributed by atoms with E-state index in [4.69, 9.17) is 9.47 Å². The minimum atomic E-state index is -3.15. The largest absolute Gasteiger partial charge is 0.462 e. The van der Waals surface area contributed by atoms with Crippen LogP contribution in [0.25, 0.3) is 0 Å². The first-order valence-corrected chi connectivity index (χ1v) is 12.3. The lowest BCUT2D eigenvalue weighted by Crippen LogP contribution is -2.35. The highest BCUT2D eigenvalue weighted by atomic mass is 32.2. The fourth-order valence-corrected chi connectivity index (χ4v) is 4.98. The van der Waals surface area contributed by atoms with Crippen molar-refractivity contribution in [2.24, 2.45) is 0 Å². The number of anilines is 1. The van der Waals surface area contributed by atoms with Gasteiger partial charge in [-0.1, -0.05) is 25.5 Å². The van der Waals surface area contributed by atoms with Crippen molar-refractivity contribution >= 4 is 27.4 Å². The molecule has 2 rings (SSSR count). The predicted octanol–water partition coefficient (Wildman–Crippen LogP) is 2.12. The second kappa shape index (κ2) is 12.2. The van der Waals surface area contributed by atoms with E-state index in [0.717, 1.165) is 12.8 Å². The summed E-state index contributed by atoms with van der Waals surface area (Å²) in [5.74, 6) is -1.24. The van der Waals surface area contributed by atoms with Crippen LogP contribution < -0.4 is 5.32 Å². The van der Waals surface area contributed by atoms with Gasteiger partial charge in [0.25, 0.3) is 5.91 Å². The van der Waals surface area contributed by atoms with Gasteiger partial charge in [-0.3, -0.25) is 4.79 Å². The molecule has 0 radical (unpaired) electrons. The molecular formula is C22H29N3O6S. The zero-order valence-electron chi connectivity index (χ0n) is 18.4. The predicted molar refractivity (Wildman–Crippen MR) is 120 cm³/mol. The van der Waals surface area contributed by atoms with Gasteiger partial charge < -0.3 is 19.7 Å². The number of unbranched alkanes of at least 4 members (excludes halogenated alkanes) is 1. The average molecular weight is 464 g/mol. The summed E-state index contributed by atoms with van der Waals surface area (Å²) in [7, 11) is -1.63. The molecule has 1 fully saturated rings. The summed E-state index contributed by atoms with van der Waals surface area (Å²) in [6, 6.07) is 7.92. The minimum absolute atomic E-state index is 0.0417. The van der Waals surface area contributed by atoms with Crippen LogP contribution in [-0.4, -0.2) is 69.6 Å². The summed E-state index contributed by atoms with van der Waals surface area (Å²) in [5.41, 5.74) is 0.207. The third-order valence-electron chi connectivity index (χ3n) is 5.02. The fraction of sp³-hybridized carbons (Fsp3) is 0.500. The SMILES string of the molecule is CCCCOC(=O)c1ccccc1NC(=O)/C(C#N)=C\N(CCOC)C1CCS(=O)(=O)C1. The Balaban J connectivity index is 2.20. The van der Waals surface area contributed by atoms with Crippen LogP contribution in [0, 0.1) is 11.3 Å². The van der Waals surface area contributed by atoms with Crippen LogP contribution >= 0.6 is 0 Å². The molecule has 174 valence electrons. The Morgan fingerprint density at radius 2 is 2.06 bits per heavy atom. The van der Waals surface area contributed by atoms with Crippen LogP contribution in [0.3, 0.4) is 0 Å². The summed E-state index contributed by atoms with van der Waals surface area (Å²) in [4.78, 5) is 26.8. The van der Waals surface area contributed by atoms with E-state index in [0.29, 0.717) is 19.6 Å². The molecule has 1 aromatic rings. The number of para-hydroxylation sites is 1. The Bertz CT molecular complexity index is 984. The lowest BCUT2D eigenvalue weighted by Gasteiger charge is -2.26. The molecule has 1 N–H and O–H groups in total. The number of nitrogens with zero attached hydrogens (tertiary/aromatic N) is 2. The molecule has 0 aliphatic carbocycles. The summed E-state index contributed by atoms with van der Waals surface area (Å²) < 4.78 is 34.1. The minimum Gasteiger partial charge on any atom is -0.462 e. The van der Waals surface area contributed by atoms with E-state index in [1.165, 1.54) is 19.4 Å². The van der Waals surface area contributed by atoms with Crippen molar-refractivity contribution in [3.05, 3.63) is 41.6 Å². The van der Waals surface area contributed by atoms with Crippen LogP contribution in [0.5, 0.6) is 0 Å². The van der Waals surface area contributed by atoms with Gasteiger partial charge in [0.1, 0.15) is 11.6 Å². The number of nitriles is 1. The maximum atomic E-state index is 12.8. The van der Waals surface area contributed by atoms with Crippen molar-refractivity contribution in [3.63, 3.8) is 0 Å². The molecular weight excluding hydrogens is 434 g/mol. The number of sulfone groups is 1. The maximum absolute atomic E-state index is 12.8. The first-order chi connectivity index (χ1) is 15.3. The second-order valence-electron chi connectivity index (χ2n) is 7.43. The van der Waals surface area contributed by atoms with Gasteiger partial charge in [-0.2, -0.15) is 5.26 Å². The van der Waals surface area contributed by atoms with Gasteiger partial charge in [0, 0.05) is 25.9 Å². The van der Waals surface area contributed by atoms with E-state index >= 15 is 0 Å². The normalized spacial score (nSPS) is 17.4. The molecule has 0 saturated carbocycles. The van der Waals surface area contributed by atoms with Crippen molar-refractivity contribution in [2.45, 2.75) is 32.2 Å². The monoisotopic (exact) mass is 463 g/mol. The van der Waals surface area contributed by atoms with E-state index in [1.807, 2.05) is 13.0 Å². The average Bonchev–Trinajstić information content (AvgIpc) is 3.13. The quantitative estimate of drug-likeness (QED) is 0.229. The number of hydrogen-bond donors (Lipinski definition) is 1. The van der Waals surface area contributed by atoms with Gasteiger partial charge in [-0.05, 0) is 25.0 Å². The van der Waals surface area contributed by atoms with Crippen molar-refractivity contribution in [1.29, 1.82) is 5.26 Å². The third-order valence-corrected chi connectivity index (χ3v) is 6.77. The van der Waals surface area contributed by atoms with Crippen LogP contribution in [0.4, 0.5) is 5.69 Å². The molecule has 1 heterocycles. The molecule has 0 bridgehead atoms. The lowest BCUT2D eigenvalue weighted by atomic mass is 10.1. The molecule has 1 saturated heterocycles. The second-order valence-corrected chi connectivity index (χ2v) is 9.66. The van der Waals surface area contributed by atoms with Gasteiger partial charge >= 0.3 is 5.97 Å². The van der Waals surface area contributed by atoms with Crippen LogP contribution in [0.1, 0.15) is 36.5 Å². The highest BCUT2D eigenvalue weighted by molar-refractivity contribution is 7.91. The van der Waals surface area contributed by atoms with E-state index in [-0.39, 0.29) is 41.0 Å². The fourth-order valence-electron chi connectivity index (χ4n) is 3.24. The van der Waals surface area contributed by atoms with Gasteiger partial charge in [0.2, 0.25) is 0 Å². The zero-order valence-corrected chi connectivity index (χ0v) is 19.2. The van der Waals surface area contributed by atoms with E-state index in [1.54, 1.807) is 23.1 Å². The summed E-state index contributed by atoms with van der Waals surface area (Å²) in [6.07, 6.45) is 3.39.